The van der Waals surface area contributed by atoms with Gasteiger partial charge in [-0.3, -0.25) is 9.69 Å². The van der Waals surface area contributed by atoms with Crippen LogP contribution in [0, 0.1) is 17.8 Å². The van der Waals surface area contributed by atoms with Crippen LogP contribution >= 0.6 is 0 Å². The summed E-state index contributed by atoms with van der Waals surface area (Å²) in [6.45, 7) is 0. The molecule has 1 amide bonds. The zero-order valence-corrected chi connectivity index (χ0v) is 32.0. The summed E-state index contributed by atoms with van der Waals surface area (Å²) in [6.07, 6.45) is 14.4. The van der Waals surface area contributed by atoms with Gasteiger partial charge in [-0.25, -0.2) is 0 Å². The van der Waals surface area contributed by atoms with E-state index in [1.807, 2.05) is 0 Å². The fourth-order valence-corrected chi connectivity index (χ4v) is 15.4. The lowest BCUT2D eigenvalue weighted by molar-refractivity contribution is -0.211. The van der Waals surface area contributed by atoms with Crippen molar-refractivity contribution in [2.45, 2.75) is 131 Å². The molecular weight excluding hydrogens is 693 g/mol. The molecule has 4 saturated heterocycles. The summed E-state index contributed by atoms with van der Waals surface area (Å²) < 4.78 is 13.2. The van der Waals surface area contributed by atoms with Gasteiger partial charge in [0.2, 0.25) is 5.91 Å². The normalized spacial score (nSPS) is 37.4. The number of furan rings is 2. The maximum Gasteiger partial charge on any atom is 0.226 e. The van der Waals surface area contributed by atoms with Gasteiger partial charge in [-0.05, 0) is 112 Å². The molecule has 0 bridgehead atoms. The highest BCUT2D eigenvalue weighted by atomic mass is 16.3. The van der Waals surface area contributed by atoms with Gasteiger partial charge in [-0.1, -0.05) is 61.4 Å². The van der Waals surface area contributed by atoms with Crippen LogP contribution in [0.4, 0.5) is 11.4 Å². The molecule has 12 unspecified atom stereocenters. The Morgan fingerprint density at radius 3 is 1.55 bits per heavy atom. The highest BCUT2D eigenvalue weighted by molar-refractivity contribution is 6.13. The number of benzene rings is 4. The molecule has 4 aliphatic heterocycles. The number of piperidine rings is 1. The first kappa shape index (κ1) is 31.6. The molecule has 0 radical (unpaired) electrons. The first-order valence-corrected chi connectivity index (χ1v) is 22.2. The quantitative estimate of drug-likeness (QED) is 0.176. The number of carbonyl (C=O) groups excluding carboxylic acids is 1. The molecule has 0 N–H and O–H groups in total. The minimum absolute atomic E-state index is 0.222. The summed E-state index contributed by atoms with van der Waals surface area (Å²) in [5.41, 5.74) is 6.63. The molecule has 7 heteroatoms. The average molecular weight is 743 g/mol. The first-order chi connectivity index (χ1) is 27.7. The van der Waals surface area contributed by atoms with E-state index in [9.17, 15) is 0 Å². The molecule has 4 saturated carbocycles. The minimum atomic E-state index is 0.222. The number of carbonyl (C=O) groups is 1. The molecule has 12 atom stereocenters. The molecule has 7 nitrogen and oxygen atoms in total. The second-order valence-electron chi connectivity index (χ2n) is 19.0. The number of hydrogen-bond donors (Lipinski definition) is 0. The van der Waals surface area contributed by atoms with Crippen molar-refractivity contribution in [1.29, 1.82) is 0 Å². The van der Waals surface area contributed by atoms with E-state index >= 15 is 4.79 Å². The van der Waals surface area contributed by atoms with E-state index in [2.05, 4.69) is 105 Å². The van der Waals surface area contributed by atoms with Gasteiger partial charge in [-0.15, -0.1) is 0 Å². The predicted octanol–water partition coefficient (Wildman–Crippen LogP) is 9.88. The first-order valence-electron chi connectivity index (χ1n) is 22.2. The SMILES string of the molecule is O=C1C2CCCCC2C2CCC3C4C2N1C1CCCC2C1N4C1C(CCCC1N3c1cccc3oc4ccccc4c13)N2c1cccc2oc3ccccc3c12. The van der Waals surface area contributed by atoms with Crippen molar-refractivity contribution in [3.8, 4) is 0 Å². The summed E-state index contributed by atoms with van der Waals surface area (Å²) in [5, 5.41) is 4.99. The molecule has 14 rings (SSSR count). The van der Waals surface area contributed by atoms with Crippen LogP contribution in [0.3, 0.4) is 0 Å². The second kappa shape index (κ2) is 11.3. The average Bonchev–Trinajstić information content (AvgIpc) is 3.83. The lowest BCUT2D eigenvalue weighted by Gasteiger charge is -2.77. The van der Waals surface area contributed by atoms with Crippen LogP contribution in [0.5, 0.6) is 0 Å². The molecule has 4 aromatic carbocycles. The van der Waals surface area contributed by atoms with E-state index in [0.29, 0.717) is 66.1 Å². The third-order valence-electron chi connectivity index (χ3n) is 17.0. The number of fused-ring (bicyclic) bond motifs is 9. The van der Waals surface area contributed by atoms with Crippen molar-refractivity contribution in [2.75, 3.05) is 9.80 Å². The van der Waals surface area contributed by atoms with E-state index in [1.165, 1.54) is 97.1 Å². The highest BCUT2D eigenvalue weighted by Gasteiger charge is 2.70. The Morgan fingerprint density at radius 1 is 0.429 bits per heavy atom. The Hall–Kier alpha value is -4.49. The summed E-state index contributed by atoms with van der Waals surface area (Å²) in [5.74, 6) is 1.91. The molecule has 284 valence electrons. The van der Waals surface area contributed by atoms with E-state index < -0.39 is 0 Å². The molecule has 6 aromatic rings. The van der Waals surface area contributed by atoms with Gasteiger partial charge in [0.1, 0.15) is 22.3 Å². The van der Waals surface area contributed by atoms with Crippen LogP contribution < -0.4 is 9.80 Å². The monoisotopic (exact) mass is 742 g/mol. The Balaban J connectivity index is 1.02. The van der Waals surface area contributed by atoms with Gasteiger partial charge >= 0.3 is 0 Å². The Kier molecular flexibility index (Phi) is 6.39. The fraction of sp³-hybridized carbons (Fsp3) is 0.490. The van der Waals surface area contributed by atoms with Crippen molar-refractivity contribution in [3.05, 3.63) is 84.9 Å². The number of anilines is 2. The van der Waals surface area contributed by atoms with Gasteiger partial charge in [0.25, 0.3) is 0 Å². The lowest BCUT2D eigenvalue weighted by Crippen LogP contribution is -2.91. The summed E-state index contributed by atoms with van der Waals surface area (Å²) in [4.78, 5) is 27.1. The van der Waals surface area contributed by atoms with Crippen molar-refractivity contribution >= 4 is 61.2 Å². The van der Waals surface area contributed by atoms with Crippen molar-refractivity contribution in [3.63, 3.8) is 0 Å². The van der Waals surface area contributed by atoms with Gasteiger partial charge in [-0.2, -0.15) is 0 Å². The molecule has 6 heterocycles. The van der Waals surface area contributed by atoms with Crippen LogP contribution in [0.2, 0.25) is 0 Å². The van der Waals surface area contributed by atoms with Crippen LogP contribution in [0.15, 0.2) is 93.8 Å². The smallest absolute Gasteiger partial charge is 0.226 e. The number of nitrogens with zero attached hydrogens (tertiary/aromatic N) is 4. The largest absolute Gasteiger partial charge is 0.456 e. The minimum Gasteiger partial charge on any atom is -0.456 e. The van der Waals surface area contributed by atoms with Gasteiger partial charge in [0.15, 0.2) is 0 Å². The molecule has 8 aliphatic rings. The van der Waals surface area contributed by atoms with Crippen molar-refractivity contribution in [1.82, 2.24) is 9.80 Å². The van der Waals surface area contributed by atoms with Crippen molar-refractivity contribution in [2.24, 2.45) is 17.8 Å². The summed E-state index contributed by atoms with van der Waals surface area (Å²) >= 11 is 0. The van der Waals surface area contributed by atoms with E-state index in [0.717, 1.165) is 35.2 Å². The predicted molar refractivity (Wildman–Crippen MR) is 221 cm³/mol. The van der Waals surface area contributed by atoms with Crippen LogP contribution in [0.1, 0.15) is 77.0 Å². The topological polar surface area (TPSA) is 56.3 Å². The number of rotatable bonds is 2. The number of amides is 1. The maximum absolute atomic E-state index is 15.3. The third kappa shape index (κ3) is 3.87. The lowest BCUT2D eigenvalue weighted by atomic mass is 9.56. The summed E-state index contributed by atoms with van der Waals surface area (Å²) in [6, 6.07) is 34.1. The molecule has 4 aliphatic carbocycles. The molecular formula is C49H50N4O3. The maximum atomic E-state index is 15.3. The Labute approximate surface area is 327 Å². The Morgan fingerprint density at radius 2 is 0.946 bits per heavy atom. The Bertz CT molecular complexity index is 2590. The molecule has 8 fully saturated rings. The zero-order valence-electron chi connectivity index (χ0n) is 32.0. The van der Waals surface area contributed by atoms with Crippen LogP contribution in [-0.2, 0) is 4.79 Å². The van der Waals surface area contributed by atoms with Gasteiger partial charge in [0, 0.05) is 58.3 Å². The van der Waals surface area contributed by atoms with E-state index in [1.54, 1.807) is 0 Å². The van der Waals surface area contributed by atoms with Crippen LogP contribution in [-0.4, -0.2) is 70.1 Å². The van der Waals surface area contributed by atoms with Gasteiger partial charge in [0.05, 0.1) is 34.9 Å². The second-order valence-corrected chi connectivity index (χ2v) is 19.0. The number of para-hydroxylation sites is 2. The van der Waals surface area contributed by atoms with E-state index in [4.69, 9.17) is 8.83 Å². The van der Waals surface area contributed by atoms with Gasteiger partial charge < -0.3 is 23.5 Å². The number of hydrogen-bond acceptors (Lipinski definition) is 6. The molecule has 56 heavy (non-hydrogen) atoms. The van der Waals surface area contributed by atoms with Crippen molar-refractivity contribution < 1.29 is 13.6 Å². The zero-order chi connectivity index (χ0) is 36.4. The fourth-order valence-electron chi connectivity index (χ4n) is 15.4. The van der Waals surface area contributed by atoms with E-state index in [-0.39, 0.29) is 12.0 Å². The van der Waals surface area contributed by atoms with Crippen LogP contribution in [0.25, 0.3) is 43.9 Å². The number of piperazine rings is 3. The molecule has 2 aromatic heterocycles. The highest BCUT2D eigenvalue weighted by Crippen LogP contribution is 2.60. The molecule has 0 spiro atoms. The summed E-state index contributed by atoms with van der Waals surface area (Å²) in [7, 11) is 0. The standard InChI is InChI=1S/C49H50N4O3/c54-49-29-12-2-1-11-27(29)28-25-26-38-48-45(28)52(49)37-20-8-19-36-47(37)53(48)46-34(50(36)32-15-9-23-41-43(32)30-13-3-5-21-39(30)55-41)17-7-18-35(46)51(38)33-16-10-24-42-44(33)31-14-4-6-22-40(31)56-42/h3-6,9-10,13-16,21-24,27-29,34-38,45-48H,1-2,7-8,11-12,17-20,25-26H2. The third-order valence-corrected chi connectivity index (χ3v) is 17.0.